The molecule has 0 aromatic heterocycles. The van der Waals surface area contributed by atoms with Crippen LogP contribution in [0, 0.1) is 5.92 Å². The average Bonchev–Trinajstić information content (AvgIpc) is 1.83. The Hall–Kier alpha value is 0.250. The van der Waals surface area contributed by atoms with Gasteiger partial charge in [0.2, 0.25) is 0 Å². The van der Waals surface area contributed by atoms with Gasteiger partial charge in [-0.3, -0.25) is 0 Å². The average molecular weight is 149 g/mol. The van der Waals surface area contributed by atoms with E-state index in [0.717, 1.165) is 12.8 Å². The van der Waals surface area contributed by atoms with E-state index in [2.05, 4.69) is 6.92 Å². The molecule has 1 rings (SSSR count). The van der Waals surface area contributed by atoms with Crippen LogP contribution in [0.1, 0.15) is 26.2 Å². The molecule has 1 N–H and O–H groups in total. The highest BCUT2D eigenvalue weighted by Crippen LogP contribution is 2.27. The van der Waals surface area contributed by atoms with Crippen LogP contribution < -0.4 is 0 Å². The highest BCUT2D eigenvalue weighted by atomic mass is 35.5. The topological polar surface area (TPSA) is 20.2 Å². The third kappa shape index (κ3) is 1.59. The fraction of sp³-hybridized carbons (Fsp3) is 1.00. The second-order valence-electron chi connectivity index (χ2n) is 2.91. The SMILES string of the molecule is CC1CCCC(Cl)C1O. The van der Waals surface area contributed by atoms with E-state index in [-0.39, 0.29) is 11.5 Å². The smallest absolute Gasteiger partial charge is 0.0729 e. The molecule has 3 unspecified atom stereocenters. The van der Waals surface area contributed by atoms with E-state index in [1.54, 1.807) is 0 Å². The van der Waals surface area contributed by atoms with Crippen molar-refractivity contribution < 1.29 is 5.11 Å². The standard InChI is InChI=1S/C7H13ClO/c1-5-3-2-4-6(8)7(5)9/h5-7,9H,2-4H2,1H3. The Balaban J connectivity index is 2.41. The number of alkyl halides is 1. The number of aliphatic hydroxyl groups excluding tert-OH is 1. The second kappa shape index (κ2) is 2.89. The van der Waals surface area contributed by atoms with Crippen LogP contribution in [0.4, 0.5) is 0 Å². The predicted molar refractivity (Wildman–Crippen MR) is 38.7 cm³/mol. The zero-order valence-corrected chi connectivity index (χ0v) is 6.43. The monoisotopic (exact) mass is 148 g/mol. The first-order chi connectivity index (χ1) is 4.22. The van der Waals surface area contributed by atoms with Crippen molar-refractivity contribution in [2.24, 2.45) is 5.92 Å². The van der Waals surface area contributed by atoms with Gasteiger partial charge in [-0.1, -0.05) is 13.3 Å². The van der Waals surface area contributed by atoms with Gasteiger partial charge in [0, 0.05) is 0 Å². The second-order valence-corrected chi connectivity index (χ2v) is 3.48. The van der Waals surface area contributed by atoms with Crippen LogP contribution in [0.3, 0.4) is 0 Å². The lowest BCUT2D eigenvalue weighted by atomic mass is 9.88. The summed E-state index contributed by atoms with van der Waals surface area (Å²) in [6.07, 6.45) is 3.02. The number of aliphatic hydroxyl groups is 1. The summed E-state index contributed by atoms with van der Waals surface area (Å²) in [5.41, 5.74) is 0. The van der Waals surface area contributed by atoms with Crippen LogP contribution in [-0.2, 0) is 0 Å². The van der Waals surface area contributed by atoms with Gasteiger partial charge in [-0.2, -0.15) is 0 Å². The van der Waals surface area contributed by atoms with Gasteiger partial charge in [0.25, 0.3) is 0 Å². The normalized spacial score (nSPS) is 45.0. The number of hydrogen-bond donors (Lipinski definition) is 1. The zero-order chi connectivity index (χ0) is 6.85. The minimum absolute atomic E-state index is 0.00810. The molecule has 0 heterocycles. The summed E-state index contributed by atoms with van der Waals surface area (Å²) in [6, 6.07) is 0. The zero-order valence-electron chi connectivity index (χ0n) is 5.68. The van der Waals surface area contributed by atoms with Crippen LogP contribution in [0.2, 0.25) is 0 Å². The van der Waals surface area contributed by atoms with Crippen molar-refractivity contribution in [3.63, 3.8) is 0 Å². The molecule has 1 saturated carbocycles. The molecular weight excluding hydrogens is 136 g/mol. The van der Waals surface area contributed by atoms with Crippen molar-refractivity contribution in [3.8, 4) is 0 Å². The summed E-state index contributed by atoms with van der Waals surface area (Å²) in [4.78, 5) is 0. The lowest BCUT2D eigenvalue weighted by molar-refractivity contribution is 0.0833. The quantitative estimate of drug-likeness (QED) is 0.520. The van der Waals surface area contributed by atoms with Crippen LogP contribution in [0.5, 0.6) is 0 Å². The summed E-state index contributed by atoms with van der Waals surface area (Å²) in [7, 11) is 0. The molecule has 9 heavy (non-hydrogen) atoms. The van der Waals surface area contributed by atoms with Crippen LogP contribution >= 0.6 is 11.6 Å². The molecule has 1 fully saturated rings. The largest absolute Gasteiger partial charge is 0.391 e. The Morgan fingerprint density at radius 2 is 2.11 bits per heavy atom. The highest BCUT2D eigenvalue weighted by Gasteiger charge is 2.26. The molecule has 0 spiro atoms. The molecule has 0 saturated heterocycles. The molecular formula is C7H13ClO. The first kappa shape index (κ1) is 7.36. The summed E-state index contributed by atoms with van der Waals surface area (Å²) < 4.78 is 0. The van der Waals surface area contributed by atoms with E-state index in [0.29, 0.717) is 5.92 Å². The van der Waals surface area contributed by atoms with Crippen molar-refractivity contribution in [1.82, 2.24) is 0 Å². The first-order valence-electron chi connectivity index (χ1n) is 3.54. The molecule has 0 bridgehead atoms. The summed E-state index contributed by atoms with van der Waals surface area (Å²) in [5, 5.41) is 9.32. The van der Waals surface area contributed by atoms with Gasteiger partial charge >= 0.3 is 0 Å². The summed E-state index contributed by atoms with van der Waals surface area (Å²) >= 11 is 5.81. The molecule has 1 aliphatic rings. The van der Waals surface area contributed by atoms with E-state index in [4.69, 9.17) is 11.6 Å². The van der Waals surface area contributed by atoms with E-state index < -0.39 is 0 Å². The number of hydrogen-bond acceptors (Lipinski definition) is 1. The molecule has 3 atom stereocenters. The third-order valence-electron chi connectivity index (χ3n) is 2.09. The van der Waals surface area contributed by atoms with Crippen molar-refractivity contribution in [2.75, 3.05) is 0 Å². The molecule has 0 aromatic carbocycles. The van der Waals surface area contributed by atoms with Gasteiger partial charge in [0.1, 0.15) is 0 Å². The third-order valence-corrected chi connectivity index (χ3v) is 2.57. The van der Waals surface area contributed by atoms with E-state index in [1.807, 2.05) is 0 Å². The minimum atomic E-state index is -0.264. The fourth-order valence-corrected chi connectivity index (χ4v) is 1.74. The molecule has 1 aliphatic carbocycles. The molecule has 1 nitrogen and oxygen atoms in total. The molecule has 0 amide bonds. The predicted octanol–water partition coefficient (Wildman–Crippen LogP) is 1.77. The first-order valence-corrected chi connectivity index (χ1v) is 3.97. The maximum atomic E-state index is 9.31. The van der Waals surface area contributed by atoms with E-state index in [9.17, 15) is 5.11 Å². The van der Waals surface area contributed by atoms with Crippen LogP contribution in [0.15, 0.2) is 0 Å². The lowest BCUT2D eigenvalue weighted by Gasteiger charge is -2.28. The van der Waals surface area contributed by atoms with Crippen LogP contribution in [-0.4, -0.2) is 16.6 Å². The van der Waals surface area contributed by atoms with Gasteiger partial charge in [-0.15, -0.1) is 11.6 Å². The molecule has 0 aromatic rings. The van der Waals surface area contributed by atoms with Gasteiger partial charge in [-0.25, -0.2) is 0 Å². The Morgan fingerprint density at radius 3 is 2.56 bits per heavy atom. The van der Waals surface area contributed by atoms with E-state index in [1.165, 1.54) is 6.42 Å². The summed E-state index contributed by atoms with van der Waals surface area (Å²) in [5.74, 6) is 0.404. The molecule has 54 valence electrons. The van der Waals surface area contributed by atoms with Crippen molar-refractivity contribution in [3.05, 3.63) is 0 Å². The molecule has 0 aliphatic heterocycles. The maximum absolute atomic E-state index is 9.31. The lowest BCUT2D eigenvalue weighted by Crippen LogP contribution is -2.32. The molecule has 0 radical (unpaired) electrons. The Bertz CT molecular complexity index is 84.9. The van der Waals surface area contributed by atoms with Crippen molar-refractivity contribution in [2.45, 2.75) is 37.7 Å². The Kier molecular flexibility index (Phi) is 2.36. The van der Waals surface area contributed by atoms with Gasteiger partial charge in [0.15, 0.2) is 0 Å². The fourth-order valence-electron chi connectivity index (χ4n) is 1.33. The van der Waals surface area contributed by atoms with Gasteiger partial charge in [0.05, 0.1) is 11.5 Å². The highest BCUT2D eigenvalue weighted by molar-refractivity contribution is 6.21. The number of halogens is 1. The Morgan fingerprint density at radius 1 is 1.44 bits per heavy atom. The minimum Gasteiger partial charge on any atom is -0.391 e. The summed E-state index contributed by atoms with van der Waals surface area (Å²) in [6.45, 7) is 2.05. The van der Waals surface area contributed by atoms with Crippen molar-refractivity contribution >= 4 is 11.6 Å². The van der Waals surface area contributed by atoms with E-state index >= 15 is 0 Å². The van der Waals surface area contributed by atoms with Crippen molar-refractivity contribution in [1.29, 1.82) is 0 Å². The van der Waals surface area contributed by atoms with Gasteiger partial charge in [-0.05, 0) is 18.8 Å². The van der Waals surface area contributed by atoms with Gasteiger partial charge < -0.3 is 5.11 Å². The maximum Gasteiger partial charge on any atom is 0.0729 e. The Labute approximate surface area is 61.0 Å². The number of rotatable bonds is 0. The molecule has 2 heteroatoms. The van der Waals surface area contributed by atoms with Crippen LogP contribution in [0.25, 0.3) is 0 Å².